The van der Waals surface area contributed by atoms with Crippen molar-refractivity contribution in [3.05, 3.63) is 105 Å². The summed E-state index contributed by atoms with van der Waals surface area (Å²) in [6.07, 6.45) is -3.72. The van der Waals surface area contributed by atoms with Crippen LogP contribution in [0.2, 0.25) is 0 Å². The van der Waals surface area contributed by atoms with Gasteiger partial charge in [-0.2, -0.15) is 13.2 Å². The van der Waals surface area contributed by atoms with E-state index in [-0.39, 0.29) is 23.6 Å². The number of nitro benzene ring substituents is 1. The molecule has 3 aromatic carbocycles. The van der Waals surface area contributed by atoms with Crippen molar-refractivity contribution >= 4 is 11.4 Å². The second-order valence-electron chi connectivity index (χ2n) is 7.82. The molecular formula is C23H17F3N2O2. The lowest BCUT2D eigenvalue weighted by Gasteiger charge is -2.38. The molecule has 2 aliphatic rings. The lowest BCUT2D eigenvalue weighted by molar-refractivity contribution is -0.384. The Kier molecular flexibility index (Phi) is 4.10. The monoisotopic (exact) mass is 410 g/mol. The third kappa shape index (κ3) is 2.93. The molecule has 0 bridgehead atoms. The zero-order valence-electron chi connectivity index (χ0n) is 15.7. The zero-order valence-corrected chi connectivity index (χ0v) is 15.7. The number of benzene rings is 3. The highest BCUT2D eigenvalue weighted by Crippen LogP contribution is 2.54. The number of fused-ring (bicyclic) bond motifs is 5. The van der Waals surface area contributed by atoms with Crippen LogP contribution in [0.5, 0.6) is 0 Å². The number of halogens is 3. The Morgan fingerprint density at radius 1 is 0.967 bits per heavy atom. The number of hydrogen-bond acceptors (Lipinski definition) is 3. The van der Waals surface area contributed by atoms with Gasteiger partial charge in [-0.3, -0.25) is 10.1 Å². The Hall–Kier alpha value is -3.35. The van der Waals surface area contributed by atoms with Crippen molar-refractivity contribution in [3.63, 3.8) is 0 Å². The lowest BCUT2D eigenvalue weighted by Crippen LogP contribution is -2.30. The zero-order chi connectivity index (χ0) is 21.0. The van der Waals surface area contributed by atoms with E-state index in [0.29, 0.717) is 12.0 Å². The van der Waals surface area contributed by atoms with E-state index >= 15 is 0 Å². The van der Waals surface area contributed by atoms with Gasteiger partial charge in [0.05, 0.1) is 16.5 Å². The van der Waals surface area contributed by atoms with Gasteiger partial charge < -0.3 is 5.32 Å². The van der Waals surface area contributed by atoms with E-state index in [1.807, 2.05) is 24.3 Å². The SMILES string of the molecule is O=[N+]([O-])c1ccc2c(c1)[C@@H]1c3ccccc3C[C@@H]1[C@H](c1cccc(C(F)(F)F)c1)N2. The average Bonchev–Trinajstić information content (AvgIpc) is 3.12. The van der Waals surface area contributed by atoms with Crippen molar-refractivity contribution < 1.29 is 18.1 Å². The average molecular weight is 410 g/mol. The quantitative estimate of drug-likeness (QED) is 0.411. The van der Waals surface area contributed by atoms with Gasteiger partial charge in [-0.25, -0.2) is 0 Å². The number of hydrogen-bond donors (Lipinski definition) is 1. The summed E-state index contributed by atoms with van der Waals surface area (Å²) < 4.78 is 39.9. The molecule has 0 radical (unpaired) electrons. The molecule has 0 aromatic heterocycles. The van der Waals surface area contributed by atoms with E-state index < -0.39 is 16.7 Å². The van der Waals surface area contributed by atoms with Gasteiger partial charge in [-0.15, -0.1) is 0 Å². The largest absolute Gasteiger partial charge is 0.416 e. The van der Waals surface area contributed by atoms with Crippen LogP contribution in [-0.2, 0) is 12.6 Å². The second kappa shape index (κ2) is 6.58. The molecule has 5 rings (SSSR count). The Balaban J connectivity index is 1.66. The Labute approximate surface area is 170 Å². The van der Waals surface area contributed by atoms with E-state index in [1.54, 1.807) is 18.2 Å². The van der Waals surface area contributed by atoms with Crippen LogP contribution in [0.1, 0.15) is 39.8 Å². The number of non-ortho nitro benzene ring substituents is 1. The van der Waals surface area contributed by atoms with Crippen LogP contribution >= 0.6 is 0 Å². The highest BCUT2D eigenvalue weighted by Gasteiger charge is 2.44. The van der Waals surface area contributed by atoms with Crippen LogP contribution in [0.15, 0.2) is 66.7 Å². The predicted molar refractivity (Wildman–Crippen MR) is 106 cm³/mol. The van der Waals surface area contributed by atoms with Gasteiger partial charge in [0.15, 0.2) is 0 Å². The van der Waals surface area contributed by atoms with Gasteiger partial charge in [0.1, 0.15) is 0 Å². The fraction of sp³-hybridized carbons (Fsp3) is 0.217. The molecule has 1 heterocycles. The molecular weight excluding hydrogens is 393 g/mol. The van der Waals surface area contributed by atoms with E-state index in [4.69, 9.17) is 0 Å². The maximum Gasteiger partial charge on any atom is 0.416 e. The Morgan fingerprint density at radius 2 is 1.77 bits per heavy atom. The summed E-state index contributed by atoms with van der Waals surface area (Å²) in [5.74, 6) is -0.155. The summed E-state index contributed by atoms with van der Waals surface area (Å²) in [6, 6.07) is 17.7. The first-order valence-corrected chi connectivity index (χ1v) is 9.63. The van der Waals surface area contributed by atoms with Crippen molar-refractivity contribution in [2.24, 2.45) is 5.92 Å². The molecule has 0 saturated carbocycles. The minimum atomic E-state index is -4.42. The lowest BCUT2D eigenvalue weighted by atomic mass is 9.75. The fourth-order valence-corrected chi connectivity index (χ4v) is 4.90. The molecule has 0 fully saturated rings. The third-order valence-electron chi connectivity index (χ3n) is 6.17. The minimum absolute atomic E-state index is 0.0104. The van der Waals surface area contributed by atoms with E-state index in [1.165, 1.54) is 18.2 Å². The maximum absolute atomic E-state index is 13.3. The third-order valence-corrected chi connectivity index (χ3v) is 6.17. The van der Waals surface area contributed by atoms with Crippen molar-refractivity contribution in [1.82, 2.24) is 0 Å². The Morgan fingerprint density at radius 3 is 2.53 bits per heavy atom. The molecule has 1 N–H and O–H groups in total. The molecule has 0 saturated heterocycles. The Bertz CT molecular complexity index is 1160. The summed E-state index contributed by atoms with van der Waals surface area (Å²) in [5, 5.41) is 14.7. The minimum Gasteiger partial charge on any atom is -0.378 e. The van der Waals surface area contributed by atoms with Gasteiger partial charge >= 0.3 is 6.18 Å². The topological polar surface area (TPSA) is 55.2 Å². The molecule has 30 heavy (non-hydrogen) atoms. The first-order chi connectivity index (χ1) is 14.3. The van der Waals surface area contributed by atoms with Crippen molar-refractivity contribution in [2.45, 2.75) is 24.6 Å². The molecule has 1 aliphatic heterocycles. The normalized spacial score (nSPS) is 21.9. The molecule has 4 nitrogen and oxygen atoms in total. The van der Waals surface area contributed by atoms with Crippen LogP contribution < -0.4 is 5.32 Å². The first-order valence-electron chi connectivity index (χ1n) is 9.63. The summed E-state index contributed by atoms with van der Waals surface area (Å²) in [6.45, 7) is 0. The number of alkyl halides is 3. The number of anilines is 1. The number of rotatable bonds is 2. The smallest absolute Gasteiger partial charge is 0.378 e. The molecule has 0 spiro atoms. The van der Waals surface area contributed by atoms with Crippen molar-refractivity contribution in [3.8, 4) is 0 Å². The van der Waals surface area contributed by atoms with Crippen LogP contribution in [0.25, 0.3) is 0 Å². The first kappa shape index (κ1) is 18.7. The highest BCUT2D eigenvalue weighted by atomic mass is 19.4. The van der Waals surface area contributed by atoms with Crippen LogP contribution in [0.4, 0.5) is 24.5 Å². The number of nitro groups is 1. The predicted octanol–water partition coefficient (Wildman–Crippen LogP) is 6.08. The van der Waals surface area contributed by atoms with Crippen LogP contribution in [-0.4, -0.2) is 4.92 Å². The van der Waals surface area contributed by atoms with Crippen molar-refractivity contribution in [2.75, 3.05) is 5.32 Å². The van der Waals surface area contributed by atoms with Gasteiger partial charge in [0.2, 0.25) is 0 Å². The molecule has 3 atom stereocenters. The highest BCUT2D eigenvalue weighted by molar-refractivity contribution is 5.65. The molecule has 0 amide bonds. The molecule has 0 unspecified atom stereocenters. The summed E-state index contributed by atoms with van der Waals surface area (Å²) >= 11 is 0. The van der Waals surface area contributed by atoms with Gasteiger partial charge in [0.25, 0.3) is 5.69 Å². The second-order valence-corrected chi connectivity index (χ2v) is 7.82. The van der Waals surface area contributed by atoms with Gasteiger partial charge in [-0.1, -0.05) is 36.4 Å². The van der Waals surface area contributed by atoms with Crippen LogP contribution in [0.3, 0.4) is 0 Å². The molecule has 1 aliphatic carbocycles. The van der Waals surface area contributed by atoms with Crippen LogP contribution in [0, 0.1) is 16.0 Å². The summed E-state index contributed by atoms with van der Waals surface area (Å²) in [4.78, 5) is 10.9. The summed E-state index contributed by atoms with van der Waals surface area (Å²) in [7, 11) is 0. The van der Waals surface area contributed by atoms with Crippen molar-refractivity contribution in [1.29, 1.82) is 0 Å². The summed E-state index contributed by atoms with van der Waals surface area (Å²) in [5.41, 5.74) is 3.66. The maximum atomic E-state index is 13.3. The molecule has 7 heteroatoms. The fourth-order valence-electron chi connectivity index (χ4n) is 4.90. The van der Waals surface area contributed by atoms with Gasteiger partial charge in [0, 0.05) is 23.7 Å². The van der Waals surface area contributed by atoms with E-state index in [2.05, 4.69) is 5.32 Å². The standard InChI is InChI=1S/C23H17F3N2O2/c24-23(25,26)15-6-3-5-14(10-15)22-19-11-13-4-1-2-7-17(13)21(19)18-12-16(28(29)30)8-9-20(18)27-22/h1-10,12,19,21-22,27H,11H2/t19-,21-,22-/m0/s1. The van der Waals surface area contributed by atoms with Gasteiger partial charge in [-0.05, 0) is 52.8 Å². The number of nitrogens with zero attached hydrogens (tertiary/aromatic N) is 1. The van der Waals surface area contributed by atoms with E-state index in [0.717, 1.165) is 28.4 Å². The molecule has 152 valence electrons. The molecule has 3 aromatic rings. The number of nitrogens with one attached hydrogen (secondary N) is 1. The van der Waals surface area contributed by atoms with E-state index in [9.17, 15) is 23.3 Å².